The molecule has 90 valence electrons. The standard InChI is InChI=1S/C15H12O3/c1-3-8-18-14-10-12-7-5-4-6-11(12)9-13(14)15(16)17-2/h1,4-7,9-10H,8H2,2H3/i9D. The summed E-state index contributed by atoms with van der Waals surface area (Å²) >= 11 is 0. The van der Waals surface area contributed by atoms with E-state index in [1.165, 1.54) is 7.11 Å². The summed E-state index contributed by atoms with van der Waals surface area (Å²) in [5, 5.41) is 1.48. The number of carbonyl (C=O) groups is 1. The summed E-state index contributed by atoms with van der Waals surface area (Å²) in [6.07, 6.45) is 5.15. The van der Waals surface area contributed by atoms with Crippen molar-refractivity contribution in [2.75, 3.05) is 13.7 Å². The van der Waals surface area contributed by atoms with Crippen LogP contribution in [0.4, 0.5) is 0 Å². The average Bonchev–Trinajstić information content (AvgIpc) is 2.44. The Hall–Kier alpha value is -2.47. The van der Waals surface area contributed by atoms with E-state index in [-0.39, 0.29) is 24.0 Å². The Morgan fingerprint density at radius 1 is 1.44 bits per heavy atom. The Labute approximate surface area is 107 Å². The maximum absolute atomic E-state index is 11.8. The molecule has 0 saturated carbocycles. The molecule has 2 aromatic rings. The van der Waals surface area contributed by atoms with Crippen LogP contribution in [0.15, 0.2) is 36.4 Å². The van der Waals surface area contributed by atoms with E-state index in [2.05, 4.69) is 5.92 Å². The van der Waals surface area contributed by atoms with E-state index in [1.807, 2.05) is 18.2 Å². The summed E-state index contributed by atoms with van der Waals surface area (Å²) in [5.41, 5.74) is 0.0939. The molecule has 0 spiro atoms. The van der Waals surface area contributed by atoms with Crippen molar-refractivity contribution < 1.29 is 15.6 Å². The number of methoxy groups -OCH3 is 1. The highest BCUT2D eigenvalue weighted by molar-refractivity contribution is 5.98. The van der Waals surface area contributed by atoms with Gasteiger partial charge in [-0.3, -0.25) is 0 Å². The van der Waals surface area contributed by atoms with Gasteiger partial charge in [0.2, 0.25) is 0 Å². The minimum atomic E-state index is -0.609. The predicted octanol–water partition coefficient (Wildman–Crippen LogP) is 2.64. The van der Waals surface area contributed by atoms with Gasteiger partial charge in [-0.25, -0.2) is 4.79 Å². The molecule has 0 saturated heterocycles. The highest BCUT2D eigenvalue weighted by Gasteiger charge is 2.14. The summed E-state index contributed by atoms with van der Waals surface area (Å²) in [4.78, 5) is 11.8. The monoisotopic (exact) mass is 241 g/mol. The van der Waals surface area contributed by atoms with Crippen molar-refractivity contribution in [3.8, 4) is 18.1 Å². The van der Waals surface area contributed by atoms with Crippen molar-refractivity contribution in [3.05, 3.63) is 41.9 Å². The number of benzene rings is 2. The van der Waals surface area contributed by atoms with E-state index in [1.54, 1.807) is 12.1 Å². The van der Waals surface area contributed by atoms with E-state index >= 15 is 0 Å². The lowest BCUT2D eigenvalue weighted by Crippen LogP contribution is -2.06. The largest absolute Gasteiger partial charge is 0.480 e. The van der Waals surface area contributed by atoms with Gasteiger partial charge in [0.15, 0.2) is 0 Å². The number of carbonyl (C=O) groups excluding carboxylic acids is 1. The van der Waals surface area contributed by atoms with Crippen molar-refractivity contribution in [1.82, 2.24) is 0 Å². The van der Waals surface area contributed by atoms with Crippen molar-refractivity contribution in [1.29, 1.82) is 0 Å². The van der Waals surface area contributed by atoms with Gasteiger partial charge in [-0.05, 0) is 22.9 Å². The Morgan fingerprint density at radius 2 is 2.17 bits per heavy atom. The molecular formula is C15H12O3. The molecule has 0 aliphatic rings. The van der Waals surface area contributed by atoms with Crippen LogP contribution >= 0.6 is 0 Å². The summed E-state index contributed by atoms with van der Waals surface area (Å²) in [5.74, 6) is 2.00. The Bertz CT molecular complexity index is 671. The summed E-state index contributed by atoms with van der Waals surface area (Å²) in [7, 11) is 1.27. The first-order valence-corrected chi connectivity index (χ1v) is 5.36. The van der Waals surface area contributed by atoms with Gasteiger partial charge in [0.1, 0.15) is 17.9 Å². The first-order chi connectivity index (χ1) is 9.19. The topological polar surface area (TPSA) is 35.5 Å². The molecule has 2 rings (SSSR count). The average molecular weight is 241 g/mol. The second-order valence-corrected chi connectivity index (χ2v) is 3.58. The number of rotatable bonds is 3. The first-order valence-electron chi connectivity index (χ1n) is 5.86. The van der Waals surface area contributed by atoms with Crippen LogP contribution < -0.4 is 4.74 Å². The van der Waals surface area contributed by atoms with Gasteiger partial charge in [0.05, 0.1) is 8.48 Å². The van der Waals surface area contributed by atoms with Crippen molar-refractivity contribution in [2.45, 2.75) is 0 Å². The number of esters is 1. The molecule has 0 heterocycles. The second kappa shape index (κ2) is 5.24. The predicted molar refractivity (Wildman–Crippen MR) is 69.6 cm³/mol. The molecule has 0 aliphatic heterocycles. The zero-order valence-electron chi connectivity index (χ0n) is 10.9. The lowest BCUT2D eigenvalue weighted by Gasteiger charge is -2.10. The smallest absolute Gasteiger partial charge is 0.341 e. The molecule has 0 aliphatic carbocycles. The van der Waals surface area contributed by atoms with Crippen LogP contribution in [-0.4, -0.2) is 19.7 Å². The molecule has 0 bridgehead atoms. The molecule has 0 fully saturated rings. The summed E-state index contributed by atoms with van der Waals surface area (Å²) < 4.78 is 18.2. The van der Waals surface area contributed by atoms with E-state index in [9.17, 15) is 4.79 Å². The van der Waals surface area contributed by atoms with E-state index < -0.39 is 5.97 Å². The molecule has 2 aromatic carbocycles. The molecule has 0 amide bonds. The zero-order chi connectivity index (χ0) is 13.8. The maximum atomic E-state index is 11.8. The Kier molecular flexibility index (Phi) is 3.11. The van der Waals surface area contributed by atoms with Crippen LogP contribution in [0.5, 0.6) is 5.75 Å². The van der Waals surface area contributed by atoms with Gasteiger partial charge in [0, 0.05) is 0 Å². The Balaban J connectivity index is 2.69. The lowest BCUT2D eigenvalue weighted by atomic mass is 10.1. The minimum absolute atomic E-state index is 0.0295. The highest BCUT2D eigenvalue weighted by Crippen LogP contribution is 2.26. The number of hydrogen-bond donors (Lipinski definition) is 0. The lowest BCUT2D eigenvalue weighted by molar-refractivity contribution is 0.0597. The third kappa shape index (κ3) is 2.28. The fraction of sp³-hybridized carbons (Fsp3) is 0.133. The minimum Gasteiger partial charge on any atom is -0.480 e. The van der Waals surface area contributed by atoms with Crippen LogP contribution in [0.3, 0.4) is 0 Å². The van der Waals surface area contributed by atoms with Gasteiger partial charge in [-0.2, -0.15) is 0 Å². The molecule has 18 heavy (non-hydrogen) atoms. The molecule has 0 N–H and O–H groups in total. The summed E-state index contributed by atoms with van der Waals surface area (Å²) in [6.45, 7) is 0.0295. The van der Waals surface area contributed by atoms with Crippen LogP contribution in [0.2, 0.25) is 0 Å². The molecular weight excluding hydrogens is 228 g/mol. The SMILES string of the molecule is [2H]c1c(C(=O)OC)c(OCC#C)cc2ccccc12. The van der Waals surface area contributed by atoms with Gasteiger partial charge in [0.25, 0.3) is 0 Å². The first kappa shape index (κ1) is 10.7. The molecule has 3 nitrogen and oxygen atoms in total. The van der Waals surface area contributed by atoms with Gasteiger partial charge >= 0.3 is 5.97 Å². The van der Waals surface area contributed by atoms with Crippen molar-refractivity contribution in [2.24, 2.45) is 0 Å². The molecule has 0 unspecified atom stereocenters. The normalized spacial score (nSPS) is 10.6. The van der Waals surface area contributed by atoms with Crippen LogP contribution in [0.1, 0.15) is 11.7 Å². The third-order valence-corrected chi connectivity index (χ3v) is 2.45. The van der Waals surface area contributed by atoms with Crippen LogP contribution in [0.25, 0.3) is 10.8 Å². The highest BCUT2D eigenvalue weighted by atomic mass is 16.5. The maximum Gasteiger partial charge on any atom is 0.341 e. The number of ether oxygens (including phenoxy) is 2. The number of hydrogen-bond acceptors (Lipinski definition) is 3. The number of terminal acetylenes is 1. The molecule has 0 atom stereocenters. The van der Waals surface area contributed by atoms with E-state index in [0.717, 1.165) is 5.39 Å². The van der Waals surface area contributed by atoms with Gasteiger partial charge < -0.3 is 9.47 Å². The molecule has 3 heteroatoms. The van der Waals surface area contributed by atoms with Crippen molar-refractivity contribution in [3.63, 3.8) is 0 Å². The van der Waals surface area contributed by atoms with Crippen LogP contribution in [0, 0.1) is 12.3 Å². The van der Waals surface area contributed by atoms with Crippen LogP contribution in [-0.2, 0) is 4.74 Å². The van der Waals surface area contributed by atoms with E-state index in [4.69, 9.17) is 17.3 Å². The zero-order valence-corrected chi connectivity index (χ0v) is 9.90. The molecule has 0 aromatic heterocycles. The van der Waals surface area contributed by atoms with Crippen molar-refractivity contribution >= 4 is 16.7 Å². The van der Waals surface area contributed by atoms with Gasteiger partial charge in [-0.15, -0.1) is 6.42 Å². The summed E-state index contributed by atoms with van der Waals surface area (Å²) in [6, 6.07) is 9.05. The fourth-order valence-corrected chi connectivity index (χ4v) is 1.63. The Morgan fingerprint density at radius 3 is 2.83 bits per heavy atom. The fourth-order valence-electron chi connectivity index (χ4n) is 1.63. The van der Waals surface area contributed by atoms with Gasteiger partial charge in [-0.1, -0.05) is 30.2 Å². The third-order valence-electron chi connectivity index (χ3n) is 2.45. The number of fused-ring (bicyclic) bond motifs is 1. The molecule has 0 radical (unpaired) electrons. The van der Waals surface area contributed by atoms with E-state index in [0.29, 0.717) is 5.39 Å². The second-order valence-electron chi connectivity index (χ2n) is 3.58. The quantitative estimate of drug-likeness (QED) is 0.612.